The van der Waals surface area contributed by atoms with Gasteiger partial charge in [0.05, 0.1) is 5.69 Å². The minimum atomic E-state index is -4.45. The van der Waals surface area contributed by atoms with Gasteiger partial charge in [-0.1, -0.05) is 0 Å². The van der Waals surface area contributed by atoms with Crippen LogP contribution in [0.3, 0.4) is 0 Å². The molecule has 0 aromatic carbocycles. The minimum absolute atomic E-state index is 0.166. The molecule has 0 bridgehead atoms. The Balaban J connectivity index is 2.06. The van der Waals surface area contributed by atoms with Gasteiger partial charge in [-0.25, -0.2) is 9.97 Å². The van der Waals surface area contributed by atoms with Crippen LogP contribution >= 0.6 is 0 Å². The van der Waals surface area contributed by atoms with Crippen LogP contribution in [0.15, 0.2) is 0 Å². The molecule has 1 unspecified atom stereocenters. The highest BCUT2D eigenvalue weighted by atomic mass is 19.4. The maximum Gasteiger partial charge on any atom is 0.433 e. The summed E-state index contributed by atoms with van der Waals surface area (Å²) in [6.45, 7) is 0.528. The third-order valence-electron chi connectivity index (χ3n) is 3.53. The van der Waals surface area contributed by atoms with Crippen molar-refractivity contribution >= 4 is 0 Å². The number of nitrogens with one attached hydrogen (secondary N) is 1. The molecule has 1 saturated carbocycles. The average Bonchev–Trinajstić information content (AvgIpc) is 3.05. The fourth-order valence-electron chi connectivity index (χ4n) is 2.46. The molecule has 1 atom stereocenters. The maximum atomic E-state index is 13.0. The molecular formula is C12H14F3N3O. The lowest BCUT2D eigenvalue weighted by molar-refractivity contribution is -0.142. The van der Waals surface area contributed by atoms with E-state index in [0.29, 0.717) is 12.2 Å². The fourth-order valence-corrected chi connectivity index (χ4v) is 2.46. The average molecular weight is 273 g/mol. The molecule has 0 spiro atoms. The Bertz CT molecular complexity index is 500. The van der Waals surface area contributed by atoms with Gasteiger partial charge in [0, 0.05) is 25.8 Å². The van der Waals surface area contributed by atoms with Crippen molar-refractivity contribution in [3.8, 4) is 0 Å². The second-order valence-electron chi connectivity index (χ2n) is 4.95. The van der Waals surface area contributed by atoms with Crippen molar-refractivity contribution < 1.29 is 17.9 Å². The molecule has 3 rings (SSSR count). The molecule has 4 nitrogen and oxygen atoms in total. The van der Waals surface area contributed by atoms with E-state index in [0.717, 1.165) is 12.8 Å². The van der Waals surface area contributed by atoms with Gasteiger partial charge in [0.2, 0.25) is 0 Å². The number of fused-ring (bicyclic) bond motifs is 1. The standard InChI is InChI=1S/C12H14F3N3O/c1-19-9(6-2-3-6)11-17-8-5-16-4-7(8)10(18-11)12(13,14)15/h6,9,16H,2-5H2,1H3. The lowest BCUT2D eigenvalue weighted by Gasteiger charge is -2.17. The number of ether oxygens (including phenoxy) is 1. The summed E-state index contributed by atoms with van der Waals surface area (Å²) in [4.78, 5) is 8.01. The first kappa shape index (κ1) is 12.8. The Labute approximate surface area is 108 Å². The zero-order valence-corrected chi connectivity index (χ0v) is 10.4. The Kier molecular flexibility index (Phi) is 2.98. The summed E-state index contributed by atoms with van der Waals surface area (Å²) in [6, 6.07) is 0. The number of halogens is 3. The Hall–Kier alpha value is -1.21. The molecule has 1 aliphatic heterocycles. The summed E-state index contributed by atoms with van der Waals surface area (Å²) in [5.41, 5.74) is -0.206. The van der Waals surface area contributed by atoms with Crippen LogP contribution < -0.4 is 5.32 Å². The van der Waals surface area contributed by atoms with Crippen LogP contribution in [0.25, 0.3) is 0 Å². The number of methoxy groups -OCH3 is 1. The number of rotatable bonds is 3. The molecule has 1 aromatic heterocycles. The third-order valence-corrected chi connectivity index (χ3v) is 3.53. The number of aromatic nitrogens is 2. The largest absolute Gasteiger partial charge is 0.433 e. The van der Waals surface area contributed by atoms with E-state index in [4.69, 9.17) is 4.74 Å². The van der Waals surface area contributed by atoms with Gasteiger partial charge in [-0.3, -0.25) is 0 Å². The van der Waals surface area contributed by atoms with Gasteiger partial charge in [-0.15, -0.1) is 0 Å². The summed E-state index contributed by atoms with van der Waals surface area (Å²) in [5, 5.41) is 2.89. The lowest BCUT2D eigenvalue weighted by atomic mass is 10.1. The molecule has 0 radical (unpaired) electrons. The first-order valence-corrected chi connectivity index (χ1v) is 6.21. The van der Waals surface area contributed by atoms with Crippen LogP contribution in [-0.2, 0) is 24.0 Å². The van der Waals surface area contributed by atoms with Crippen LogP contribution in [0.4, 0.5) is 13.2 Å². The quantitative estimate of drug-likeness (QED) is 0.917. The van der Waals surface area contributed by atoms with E-state index in [1.807, 2.05) is 0 Å². The first-order chi connectivity index (χ1) is 9.00. The van der Waals surface area contributed by atoms with Gasteiger partial charge < -0.3 is 10.1 Å². The third kappa shape index (κ3) is 2.32. The van der Waals surface area contributed by atoms with Gasteiger partial charge in [0.15, 0.2) is 11.5 Å². The lowest BCUT2D eigenvalue weighted by Crippen LogP contribution is -2.18. The summed E-state index contributed by atoms with van der Waals surface area (Å²) in [6.07, 6.45) is -2.96. The van der Waals surface area contributed by atoms with Crippen molar-refractivity contribution in [2.45, 2.75) is 38.2 Å². The van der Waals surface area contributed by atoms with Crippen LogP contribution in [0, 0.1) is 5.92 Å². The minimum Gasteiger partial charge on any atom is -0.373 e. The van der Waals surface area contributed by atoms with Gasteiger partial charge in [0.1, 0.15) is 6.10 Å². The molecule has 0 saturated heterocycles. The number of nitrogens with zero attached hydrogens (tertiary/aromatic N) is 2. The predicted octanol–water partition coefficient (Wildman–Crippen LogP) is 2.20. The highest BCUT2D eigenvalue weighted by Gasteiger charge is 2.41. The highest BCUT2D eigenvalue weighted by Crippen LogP contribution is 2.43. The smallest absolute Gasteiger partial charge is 0.373 e. The summed E-state index contributed by atoms with van der Waals surface area (Å²) in [5.74, 6) is 0.415. The van der Waals surface area contributed by atoms with Crippen molar-refractivity contribution in [2.24, 2.45) is 5.92 Å². The molecule has 2 aliphatic rings. The van der Waals surface area contributed by atoms with Crippen molar-refractivity contribution in [3.63, 3.8) is 0 Å². The van der Waals surface area contributed by atoms with E-state index in [1.165, 1.54) is 7.11 Å². The first-order valence-electron chi connectivity index (χ1n) is 6.21. The number of hydrogen-bond acceptors (Lipinski definition) is 4. The van der Waals surface area contributed by atoms with E-state index in [1.54, 1.807) is 0 Å². The van der Waals surface area contributed by atoms with Crippen LogP contribution in [0.5, 0.6) is 0 Å². The second kappa shape index (κ2) is 4.42. The molecular weight excluding hydrogens is 259 g/mol. The topological polar surface area (TPSA) is 47.0 Å². The number of hydrogen-bond donors (Lipinski definition) is 1. The van der Waals surface area contributed by atoms with E-state index >= 15 is 0 Å². The van der Waals surface area contributed by atoms with E-state index < -0.39 is 18.0 Å². The molecule has 1 aromatic rings. The van der Waals surface area contributed by atoms with Crippen LogP contribution in [0.1, 0.15) is 41.7 Å². The summed E-state index contributed by atoms with van der Waals surface area (Å²) < 4.78 is 44.4. The van der Waals surface area contributed by atoms with Gasteiger partial charge in [-0.05, 0) is 18.8 Å². The molecule has 19 heavy (non-hydrogen) atoms. The van der Waals surface area contributed by atoms with E-state index in [2.05, 4.69) is 15.3 Å². The number of alkyl halides is 3. The van der Waals surface area contributed by atoms with Gasteiger partial charge >= 0.3 is 6.18 Å². The van der Waals surface area contributed by atoms with Crippen molar-refractivity contribution in [1.82, 2.24) is 15.3 Å². The molecule has 0 amide bonds. The highest BCUT2D eigenvalue weighted by molar-refractivity contribution is 5.31. The second-order valence-corrected chi connectivity index (χ2v) is 4.95. The normalized spacial score (nSPS) is 20.4. The van der Waals surface area contributed by atoms with Gasteiger partial charge in [-0.2, -0.15) is 13.2 Å². The monoisotopic (exact) mass is 273 g/mol. The Morgan fingerprint density at radius 1 is 1.26 bits per heavy atom. The molecule has 104 valence electrons. The van der Waals surface area contributed by atoms with E-state index in [9.17, 15) is 13.2 Å². The van der Waals surface area contributed by atoms with Crippen LogP contribution in [0.2, 0.25) is 0 Å². The zero-order chi connectivity index (χ0) is 13.6. The molecule has 7 heteroatoms. The molecule has 1 fully saturated rings. The Morgan fingerprint density at radius 2 is 2.00 bits per heavy atom. The SMILES string of the molecule is COC(c1nc2c(c(C(F)(F)F)n1)CNC2)C1CC1. The zero-order valence-electron chi connectivity index (χ0n) is 10.4. The molecule has 1 aliphatic carbocycles. The van der Waals surface area contributed by atoms with Crippen molar-refractivity contribution in [2.75, 3.05) is 7.11 Å². The van der Waals surface area contributed by atoms with E-state index in [-0.39, 0.29) is 23.9 Å². The van der Waals surface area contributed by atoms with Crippen LogP contribution in [-0.4, -0.2) is 17.1 Å². The predicted molar refractivity (Wildman–Crippen MR) is 60.1 cm³/mol. The van der Waals surface area contributed by atoms with Gasteiger partial charge in [0.25, 0.3) is 0 Å². The summed E-state index contributed by atoms with van der Waals surface area (Å²) >= 11 is 0. The van der Waals surface area contributed by atoms with Crippen molar-refractivity contribution in [3.05, 3.63) is 22.8 Å². The molecule has 1 N–H and O–H groups in total. The summed E-state index contributed by atoms with van der Waals surface area (Å²) in [7, 11) is 1.49. The maximum absolute atomic E-state index is 13.0. The fraction of sp³-hybridized carbons (Fsp3) is 0.667. The Morgan fingerprint density at radius 3 is 2.58 bits per heavy atom. The van der Waals surface area contributed by atoms with Crippen molar-refractivity contribution in [1.29, 1.82) is 0 Å². The molecule has 2 heterocycles.